The molecule has 4 amide bonds. The van der Waals surface area contributed by atoms with Gasteiger partial charge in [0.1, 0.15) is 23.9 Å². The number of hydrogen-bond acceptors (Lipinski definition) is 9. The van der Waals surface area contributed by atoms with Crippen LogP contribution in [0.5, 0.6) is 0 Å². The van der Waals surface area contributed by atoms with Gasteiger partial charge in [-0.1, -0.05) is 51.1 Å². The van der Waals surface area contributed by atoms with Gasteiger partial charge < -0.3 is 25.2 Å². The minimum atomic E-state index is -1.41. The standard InChI is InChI=1S/C30H39N9O7/c1-29(2,3)15-22(39(28(43)44)25(37-14-10-13-31-37)35-27(42)46-30(4,5)6)20-16-32-38(36-20)17-21-23(24(40)33-21)34-26(41)45-18-19-11-8-7-9-12-19/h7-14,16,21-23H,15,17-18H2,1-6H3,(H,33,40)(H,34,41)(H,43,44)/t21-,22?,23+/m1/s1. The summed E-state index contributed by atoms with van der Waals surface area (Å²) in [6.45, 7) is 10.9. The van der Waals surface area contributed by atoms with Gasteiger partial charge in [0.15, 0.2) is 0 Å². The molecule has 1 saturated heterocycles. The average molecular weight is 638 g/mol. The largest absolute Gasteiger partial charge is 0.465 e. The maximum absolute atomic E-state index is 12.9. The highest BCUT2D eigenvalue weighted by atomic mass is 16.6. The number of aliphatic imine (C=N–C) groups is 1. The fraction of sp³-hybridized carbons (Fsp3) is 0.467. The number of benzene rings is 1. The molecule has 3 N–H and O–H groups in total. The molecule has 0 saturated carbocycles. The first-order valence-corrected chi connectivity index (χ1v) is 14.6. The van der Waals surface area contributed by atoms with Gasteiger partial charge in [-0.2, -0.15) is 20.1 Å². The van der Waals surface area contributed by atoms with E-state index in [4.69, 9.17) is 9.47 Å². The molecule has 0 aliphatic carbocycles. The number of carbonyl (C=O) groups is 4. The molecule has 2 aromatic heterocycles. The molecule has 16 heteroatoms. The molecular weight excluding hydrogens is 598 g/mol. The van der Waals surface area contributed by atoms with Crippen LogP contribution in [0, 0.1) is 5.41 Å². The van der Waals surface area contributed by atoms with Crippen LogP contribution in [-0.2, 0) is 27.4 Å². The lowest BCUT2D eigenvalue weighted by molar-refractivity contribution is -0.132. The highest BCUT2D eigenvalue weighted by molar-refractivity contribution is 5.99. The zero-order chi connectivity index (χ0) is 33.6. The Bertz CT molecular complexity index is 1560. The number of hydrogen-bond donors (Lipinski definition) is 3. The van der Waals surface area contributed by atoms with E-state index >= 15 is 0 Å². The Morgan fingerprint density at radius 2 is 1.83 bits per heavy atom. The van der Waals surface area contributed by atoms with Crippen molar-refractivity contribution in [3.8, 4) is 0 Å². The quantitative estimate of drug-likeness (QED) is 0.187. The first-order valence-electron chi connectivity index (χ1n) is 14.6. The lowest BCUT2D eigenvalue weighted by Crippen LogP contribution is -2.70. The molecule has 1 fully saturated rings. The van der Waals surface area contributed by atoms with Crippen molar-refractivity contribution in [3.05, 3.63) is 66.2 Å². The maximum Gasteiger partial charge on any atom is 0.437 e. The van der Waals surface area contributed by atoms with Crippen molar-refractivity contribution in [2.45, 2.75) is 84.8 Å². The second kappa shape index (κ2) is 13.8. The summed E-state index contributed by atoms with van der Waals surface area (Å²) >= 11 is 0. The molecule has 3 aromatic rings. The Hall–Kier alpha value is -5.28. The van der Waals surface area contributed by atoms with E-state index in [0.717, 1.165) is 15.1 Å². The Kier molecular flexibility index (Phi) is 10.1. The van der Waals surface area contributed by atoms with Crippen molar-refractivity contribution in [3.63, 3.8) is 0 Å². The molecule has 3 atom stereocenters. The smallest absolute Gasteiger partial charge is 0.437 e. The van der Waals surface area contributed by atoms with Crippen molar-refractivity contribution in [1.29, 1.82) is 0 Å². The molecule has 246 valence electrons. The molecule has 46 heavy (non-hydrogen) atoms. The van der Waals surface area contributed by atoms with Crippen LogP contribution in [0.4, 0.5) is 14.4 Å². The number of amides is 4. The van der Waals surface area contributed by atoms with Crippen LogP contribution in [0.25, 0.3) is 0 Å². The minimum Gasteiger partial charge on any atom is -0.465 e. The van der Waals surface area contributed by atoms with Crippen LogP contribution < -0.4 is 10.6 Å². The Labute approximate surface area is 265 Å². The summed E-state index contributed by atoms with van der Waals surface area (Å²) < 4.78 is 11.7. The van der Waals surface area contributed by atoms with Crippen molar-refractivity contribution in [1.82, 2.24) is 40.3 Å². The second-order valence-electron chi connectivity index (χ2n) is 12.9. The van der Waals surface area contributed by atoms with Gasteiger partial charge in [-0.25, -0.2) is 24.0 Å². The van der Waals surface area contributed by atoms with Crippen LogP contribution in [0.3, 0.4) is 0 Å². The van der Waals surface area contributed by atoms with Gasteiger partial charge in [-0.3, -0.25) is 4.79 Å². The Balaban J connectivity index is 1.55. The number of carbonyl (C=O) groups excluding carboxylic acids is 3. The monoisotopic (exact) mass is 637 g/mol. The number of nitrogens with zero attached hydrogens (tertiary/aromatic N) is 7. The SMILES string of the molecule is CC(C)(C)CC(c1cnn(C[C@H]2NC(=O)[C@H]2NC(=O)OCc2ccccc2)n1)N(C(=O)O)C(=NC(=O)OC(C)(C)C)n1cccn1. The average Bonchev–Trinajstić information content (AvgIpc) is 3.65. The summed E-state index contributed by atoms with van der Waals surface area (Å²) in [6.07, 6.45) is 1.40. The van der Waals surface area contributed by atoms with Crippen molar-refractivity contribution >= 4 is 30.1 Å². The molecule has 1 unspecified atom stereocenters. The normalized spacial score (nSPS) is 17.3. The fourth-order valence-electron chi connectivity index (χ4n) is 4.61. The number of alkyl carbamates (subject to hydrolysis) is 1. The van der Waals surface area contributed by atoms with E-state index in [1.54, 1.807) is 26.8 Å². The third kappa shape index (κ3) is 9.12. The number of carboxylic acid groups (broad SMARTS) is 1. The van der Waals surface area contributed by atoms with E-state index in [0.29, 0.717) is 0 Å². The highest BCUT2D eigenvalue weighted by Gasteiger charge is 2.42. The maximum atomic E-state index is 12.9. The number of rotatable bonds is 8. The second-order valence-corrected chi connectivity index (χ2v) is 12.9. The molecule has 3 heterocycles. The van der Waals surface area contributed by atoms with Gasteiger partial charge in [-0.15, -0.1) is 4.99 Å². The van der Waals surface area contributed by atoms with Crippen LogP contribution in [0.15, 0.2) is 60.0 Å². The van der Waals surface area contributed by atoms with E-state index in [2.05, 4.69) is 30.9 Å². The third-order valence-electron chi connectivity index (χ3n) is 6.59. The third-order valence-corrected chi connectivity index (χ3v) is 6.59. The molecule has 0 bridgehead atoms. The van der Waals surface area contributed by atoms with E-state index < -0.39 is 47.4 Å². The Morgan fingerprint density at radius 1 is 1.11 bits per heavy atom. The summed E-state index contributed by atoms with van der Waals surface area (Å²) in [5, 5.41) is 28.7. The number of ether oxygens (including phenoxy) is 2. The van der Waals surface area contributed by atoms with Gasteiger partial charge in [-0.05, 0) is 44.2 Å². The Morgan fingerprint density at radius 3 is 2.41 bits per heavy atom. The van der Waals surface area contributed by atoms with Crippen LogP contribution in [-0.4, -0.2) is 82.6 Å². The molecule has 0 spiro atoms. The highest BCUT2D eigenvalue weighted by Crippen LogP contribution is 2.34. The molecular formula is C30H39N9O7. The first kappa shape index (κ1) is 33.6. The van der Waals surface area contributed by atoms with Gasteiger partial charge >= 0.3 is 18.3 Å². The lowest BCUT2D eigenvalue weighted by Gasteiger charge is -2.36. The number of β-lactam (4-membered cyclic amide) rings is 1. The van der Waals surface area contributed by atoms with Crippen LogP contribution in [0.2, 0.25) is 0 Å². The van der Waals surface area contributed by atoms with E-state index in [1.807, 2.05) is 51.1 Å². The summed E-state index contributed by atoms with van der Waals surface area (Å²) in [4.78, 5) is 56.5. The van der Waals surface area contributed by atoms with Gasteiger partial charge in [0.25, 0.3) is 0 Å². The van der Waals surface area contributed by atoms with Crippen molar-refractivity contribution in [2.24, 2.45) is 10.4 Å². The van der Waals surface area contributed by atoms with Gasteiger partial charge in [0.05, 0.1) is 24.8 Å². The lowest BCUT2D eigenvalue weighted by atomic mass is 9.86. The van der Waals surface area contributed by atoms with E-state index in [-0.39, 0.29) is 37.1 Å². The predicted octanol–water partition coefficient (Wildman–Crippen LogP) is 3.56. The van der Waals surface area contributed by atoms with Gasteiger partial charge in [0, 0.05) is 12.4 Å². The molecule has 1 aliphatic heterocycles. The molecule has 0 radical (unpaired) electrons. The summed E-state index contributed by atoms with van der Waals surface area (Å²) in [5.41, 5.74) is -0.230. The van der Waals surface area contributed by atoms with Crippen molar-refractivity contribution in [2.75, 3.05) is 0 Å². The van der Waals surface area contributed by atoms with Crippen LogP contribution >= 0.6 is 0 Å². The van der Waals surface area contributed by atoms with E-state index in [1.165, 1.54) is 23.4 Å². The van der Waals surface area contributed by atoms with Crippen LogP contribution in [0.1, 0.15) is 65.3 Å². The molecule has 4 rings (SSSR count). The van der Waals surface area contributed by atoms with Crippen molar-refractivity contribution < 1.29 is 33.8 Å². The molecule has 16 nitrogen and oxygen atoms in total. The van der Waals surface area contributed by atoms with E-state index in [9.17, 15) is 24.3 Å². The summed E-state index contributed by atoms with van der Waals surface area (Å²) in [6, 6.07) is 8.29. The summed E-state index contributed by atoms with van der Waals surface area (Å²) in [7, 11) is 0. The minimum absolute atomic E-state index is 0.0444. The zero-order valence-corrected chi connectivity index (χ0v) is 26.6. The molecule has 1 aromatic carbocycles. The number of nitrogens with one attached hydrogen (secondary N) is 2. The summed E-state index contributed by atoms with van der Waals surface area (Å²) in [5.74, 6) is -0.695. The topological polar surface area (TPSA) is 195 Å². The first-order chi connectivity index (χ1) is 21.6. The molecule has 1 aliphatic rings. The predicted molar refractivity (Wildman–Crippen MR) is 163 cm³/mol. The van der Waals surface area contributed by atoms with Gasteiger partial charge in [0.2, 0.25) is 11.9 Å². The zero-order valence-electron chi connectivity index (χ0n) is 26.6. The number of aromatic nitrogens is 5. The fourth-order valence-corrected chi connectivity index (χ4v) is 4.61.